The first kappa shape index (κ1) is 9.47. The lowest BCUT2D eigenvalue weighted by Crippen LogP contribution is -2.29. The predicted octanol–water partition coefficient (Wildman–Crippen LogP) is 1.57. The number of rotatable bonds is 2. The van der Waals surface area contributed by atoms with E-state index in [1.165, 1.54) is 0 Å². The molecular weight excluding hydrogens is 126 g/mol. The van der Waals surface area contributed by atoms with Crippen molar-refractivity contribution < 1.29 is 4.79 Å². The van der Waals surface area contributed by atoms with Gasteiger partial charge in [-0.2, -0.15) is 0 Å². The van der Waals surface area contributed by atoms with Crippen molar-refractivity contribution in [2.24, 2.45) is 5.41 Å². The Hall–Kier alpha value is -0.530. The normalized spacial score (nSPS) is 11.2. The monoisotopic (exact) mass is 142 g/mol. The zero-order valence-electron chi connectivity index (χ0n) is 7.27. The molecule has 0 aliphatic carbocycles. The third-order valence-corrected chi connectivity index (χ3v) is 1.12. The van der Waals surface area contributed by atoms with Crippen molar-refractivity contribution >= 4 is 5.91 Å². The molecule has 10 heavy (non-hydrogen) atoms. The fourth-order valence-electron chi connectivity index (χ4n) is 0.451. The smallest absolute Gasteiger partial charge is 0.246 e. The van der Waals surface area contributed by atoms with E-state index in [4.69, 9.17) is 0 Å². The van der Waals surface area contributed by atoms with E-state index in [0.29, 0.717) is 6.54 Å². The first-order chi connectivity index (χ1) is 4.48. The summed E-state index contributed by atoms with van der Waals surface area (Å²) in [5.74, 6) is 0.00866. The molecule has 1 radical (unpaired) electrons. The van der Waals surface area contributed by atoms with E-state index < -0.39 is 0 Å². The Bertz CT molecular complexity index is 113. The van der Waals surface area contributed by atoms with Crippen molar-refractivity contribution in [2.45, 2.75) is 34.1 Å². The molecule has 2 nitrogen and oxygen atoms in total. The second kappa shape index (κ2) is 3.59. The van der Waals surface area contributed by atoms with Crippen LogP contribution in [-0.2, 0) is 4.79 Å². The molecule has 0 unspecified atom stereocenters. The fourth-order valence-corrected chi connectivity index (χ4v) is 0.451. The zero-order chi connectivity index (χ0) is 8.20. The van der Waals surface area contributed by atoms with Crippen LogP contribution in [0.4, 0.5) is 0 Å². The summed E-state index contributed by atoms with van der Waals surface area (Å²) < 4.78 is 0. The van der Waals surface area contributed by atoms with E-state index in [0.717, 1.165) is 6.42 Å². The zero-order valence-corrected chi connectivity index (χ0v) is 7.27. The van der Waals surface area contributed by atoms with Crippen LogP contribution in [0.25, 0.3) is 0 Å². The molecule has 0 aromatic rings. The number of hydrogen-bond donors (Lipinski definition) is 0. The Morgan fingerprint density at radius 2 is 1.90 bits per heavy atom. The van der Waals surface area contributed by atoms with Crippen LogP contribution in [-0.4, -0.2) is 12.5 Å². The maximum atomic E-state index is 11.1. The van der Waals surface area contributed by atoms with Gasteiger partial charge in [0, 0.05) is 12.0 Å². The topological polar surface area (TPSA) is 31.2 Å². The van der Waals surface area contributed by atoms with E-state index >= 15 is 0 Å². The van der Waals surface area contributed by atoms with Crippen molar-refractivity contribution in [3.8, 4) is 0 Å². The molecular formula is C8H16NO. The Kier molecular flexibility index (Phi) is 3.40. The molecule has 0 heterocycles. The first-order valence-electron chi connectivity index (χ1n) is 3.70. The Morgan fingerprint density at radius 1 is 1.40 bits per heavy atom. The third-order valence-electron chi connectivity index (χ3n) is 1.12. The number of nitrogens with zero attached hydrogens (tertiary/aromatic N) is 1. The van der Waals surface area contributed by atoms with Crippen LogP contribution < -0.4 is 5.32 Å². The van der Waals surface area contributed by atoms with E-state index in [-0.39, 0.29) is 11.3 Å². The molecule has 0 saturated heterocycles. The van der Waals surface area contributed by atoms with Crippen LogP contribution >= 0.6 is 0 Å². The van der Waals surface area contributed by atoms with Gasteiger partial charge >= 0.3 is 0 Å². The minimum absolute atomic E-state index is 0.00866. The van der Waals surface area contributed by atoms with Gasteiger partial charge < -0.3 is 0 Å². The fraction of sp³-hybridized carbons (Fsp3) is 0.875. The Morgan fingerprint density at radius 3 is 2.20 bits per heavy atom. The van der Waals surface area contributed by atoms with Crippen molar-refractivity contribution in [1.82, 2.24) is 5.32 Å². The lowest BCUT2D eigenvalue weighted by atomic mass is 9.96. The molecule has 0 atom stereocenters. The third kappa shape index (κ3) is 3.49. The summed E-state index contributed by atoms with van der Waals surface area (Å²) in [4.78, 5) is 11.1. The van der Waals surface area contributed by atoms with E-state index in [9.17, 15) is 4.79 Å². The quantitative estimate of drug-likeness (QED) is 0.575. The van der Waals surface area contributed by atoms with Gasteiger partial charge in [-0.3, -0.25) is 10.1 Å². The lowest BCUT2D eigenvalue weighted by Gasteiger charge is -2.14. The van der Waals surface area contributed by atoms with Gasteiger partial charge in [0.25, 0.3) is 0 Å². The van der Waals surface area contributed by atoms with E-state index in [2.05, 4.69) is 5.32 Å². The van der Waals surface area contributed by atoms with Crippen LogP contribution in [0.2, 0.25) is 0 Å². The predicted molar refractivity (Wildman–Crippen MR) is 41.8 cm³/mol. The second-order valence-electron chi connectivity index (χ2n) is 3.44. The maximum Gasteiger partial charge on any atom is 0.246 e. The van der Waals surface area contributed by atoms with Crippen LogP contribution in [0.5, 0.6) is 0 Å². The summed E-state index contributed by atoms with van der Waals surface area (Å²) in [5.41, 5.74) is -0.296. The number of carbonyl (C=O) groups excluding carboxylic acids is 1. The molecule has 0 aliphatic heterocycles. The molecule has 2 heteroatoms. The highest BCUT2D eigenvalue weighted by Gasteiger charge is 2.21. The van der Waals surface area contributed by atoms with Crippen LogP contribution in [0.1, 0.15) is 34.1 Å². The van der Waals surface area contributed by atoms with Crippen molar-refractivity contribution in [1.29, 1.82) is 0 Å². The highest BCUT2D eigenvalue weighted by Crippen LogP contribution is 2.12. The molecule has 0 saturated carbocycles. The molecule has 0 aliphatic rings. The molecule has 0 aromatic heterocycles. The largest absolute Gasteiger partial charge is 0.272 e. The first-order valence-corrected chi connectivity index (χ1v) is 3.70. The van der Waals surface area contributed by atoms with Gasteiger partial charge in [0.05, 0.1) is 0 Å². The highest BCUT2D eigenvalue weighted by molar-refractivity contribution is 5.80. The molecule has 59 valence electrons. The lowest BCUT2D eigenvalue weighted by molar-refractivity contribution is -0.128. The number of carbonyl (C=O) groups is 1. The summed E-state index contributed by atoms with van der Waals surface area (Å²) in [6, 6.07) is 0. The SMILES string of the molecule is CCC[N]C(=O)C(C)(C)C. The van der Waals surface area contributed by atoms with E-state index in [1.807, 2.05) is 27.7 Å². The Balaban J connectivity index is 3.64. The van der Waals surface area contributed by atoms with E-state index in [1.54, 1.807) is 0 Å². The van der Waals surface area contributed by atoms with Crippen LogP contribution in [0.3, 0.4) is 0 Å². The number of hydrogen-bond acceptors (Lipinski definition) is 1. The summed E-state index contributed by atoms with van der Waals surface area (Å²) in [5, 5.41) is 3.88. The van der Waals surface area contributed by atoms with Gasteiger partial charge in [-0.15, -0.1) is 0 Å². The van der Waals surface area contributed by atoms with Gasteiger partial charge in [0.15, 0.2) is 0 Å². The summed E-state index contributed by atoms with van der Waals surface area (Å²) in [6.45, 7) is 8.33. The minimum atomic E-state index is -0.296. The average molecular weight is 142 g/mol. The van der Waals surface area contributed by atoms with Gasteiger partial charge in [0.2, 0.25) is 5.91 Å². The summed E-state index contributed by atoms with van der Waals surface area (Å²) in [6.07, 6.45) is 0.946. The van der Waals surface area contributed by atoms with Crippen LogP contribution in [0.15, 0.2) is 0 Å². The highest BCUT2D eigenvalue weighted by atomic mass is 16.2. The molecule has 0 rings (SSSR count). The molecule has 1 amide bonds. The minimum Gasteiger partial charge on any atom is -0.272 e. The summed E-state index contributed by atoms with van der Waals surface area (Å²) in [7, 11) is 0. The second-order valence-corrected chi connectivity index (χ2v) is 3.44. The van der Waals surface area contributed by atoms with Crippen molar-refractivity contribution in [3.63, 3.8) is 0 Å². The molecule has 0 bridgehead atoms. The van der Waals surface area contributed by atoms with Crippen molar-refractivity contribution in [3.05, 3.63) is 0 Å². The van der Waals surface area contributed by atoms with Gasteiger partial charge in [-0.05, 0) is 6.42 Å². The summed E-state index contributed by atoms with van der Waals surface area (Å²) >= 11 is 0. The van der Waals surface area contributed by atoms with Gasteiger partial charge in [0.1, 0.15) is 0 Å². The standard InChI is InChI=1S/C8H16NO/c1-5-6-9-7(10)8(2,3)4/h5-6H2,1-4H3. The molecule has 0 N–H and O–H groups in total. The maximum absolute atomic E-state index is 11.1. The molecule has 0 spiro atoms. The van der Waals surface area contributed by atoms with Gasteiger partial charge in [-0.1, -0.05) is 27.7 Å². The molecule has 0 aromatic carbocycles. The Labute approximate surface area is 63.0 Å². The number of amides is 1. The van der Waals surface area contributed by atoms with Crippen LogP contribution in [0, 0.1) is 5.41 Å². The average Bonchev–Trinajstić information content (AvgIpc) is 1.80. The van der Waals surface area contributed by atoms with Gasteiger partial charge in [-0.25, -0.2) is 0 Å². The molecule has 0 fully saturated rings. The van der Waals surface area contributed by atoms with Crippen molar-refractivity contribution in [2.75, 3.05) is 6.54 Å².